The van der Waals surface area contributed by atoms with Gasteiger partial charge < -0.3 is 20.3 Å². The molecule has 27 heavy (non-hydrogen) atoms. The van der Waals surface area contributed by atoms with Crippen LogP contribution in [0.25, 0.3) is 0 Å². The predicted octanol–water partition coefficient (Wildman–Crippen LogP) is 2.80. The number of halogens is 1. The number of hydrogen-bond acceptors (Lipinski definition) is 6. The number of nitro groups is 1. The second kappa shape index (κ2) is 7.77. The lowest BCUT2D eigenvalue weighted by Gasteiger charge is -2.23. The molecule has 0 aromatic heterocycles. The van der Waals surface area contributed by atoms with E-state index in [0.717, 1.165) is 12.1 Å². The van der Waals surface area contributed by atoms with Crippen molar-refractivity contribution < 1.29 is 23.6 Å². The molecule has 1 atom stereocenters. The van der Waals surface area contributed by atoms with Crippen molar-refractivity contribution in [3.63, 3.8) is 0 Å². The second-order valence-corrected chi connectivity index (χ2v) is 7.31. The van der Waals surface area contributed by atoms with E-state index in [9.17, 15) is 24.1 Å². The van der Waals surface area contributed by atoms with Crippen LogP contribution in [0.3, 0.4) is 0 Å². The molecule has 2 rings (SSSR count). The second-order valence-electron chi connectivity index (χ2n) is 7.31. The minimum atomic E-state index is -0.769. The van der Waals surface area contributed by atoms with Crippen LogP contribution in [0, 0.1) is 15.9 Å². The Labute approximate surface area is 156 Å². The molecule has 1 aromatic rings. The molecule has 0 saturated carbocycles. The molecule has 1 heterocycles. The maximum absolute atomic E-state index is 14.2. The van der Waals surface area contributed by atoms with Crippen molar-refractivity contribution >= 4 is 29.1 Å². The van der Waals surface area contributed by atoms with Crippen molar-refractivity contribution in [3.05, 3.63) is 28.1 Å². The molecule has 2 N–H and O–H groups in total. The summed E-state index contributed by atoms with van der Waals surface area (Å²) < 4.78 is 19.5. The topological polar surface area (TPSA) is 114 Å². The monoisotopic (exact) mass is 382 g/mol. The molecule has 0 radical (unpaired) electrons. The zero-order valence-corrected chi connectivity index (χ0v) is 15.7. The third-order valence-corrected chi connectivity index (χ3v) is 3.83. The Balaban J connectivity index is 2.25. The highest BCUT2D eigenvalue weighted by molar-refractivity contribution is 5.95. The Morgan fingerprint density at radius 3 is 2.59 bits per heavy atom. The SMILES string of the molecule is CC(=O)Nc1c(F)ccc([N+](=O)[O-])c1N1CCC(NC(=O)OC(C)(C)C)C1. The maximum Gasteiger partial charge on any atom is 0.407 e. The summed E-state index contributed by atoms with van der Waals surface area (Å²) in [5.74, 6) is -1.31. The van der Waals surface area contributed by atoms with Gasteiger partial charge in [-0.25, -0.2) is 9.18 Å². The van der Waals surface area contributed by atoms with Crippen LogP contribution in [0.4, 0.5) is 26.2 Å². The number of anilines is 2. The number of benzene rings is 1. The Morgan fingerprint density at radius 2 is 2.04 bits per heavy atom. The molecule has 2 amide bonds. The number of ether oxygens (including phenoxy) is 1. The van der Waals surface area contributed by atoms with Crippen molar-refractivity contribution in [2.75, 3.05) is 23.3 Å². The van der Waals surface area contributed by atoms with Gasteiger partial charge in [-0.1, -0.05) is 0 Å². The van der Waals surface area contributed by atoms with Gasteiger partial charge in [-0.15, -0.1) is 0 Å². The summed E-state index contributed by atoms with van der Waals surface area (Å²) in [6.45, 7) is 6.97. The van der Waals surface area contributed by atoms with Crippen LogP contribution in [0.15, 0.2) is 12.1 Å². The summed E-state index contributed by atoms with van der Waals surface area (Å²) in [6.07, 6.45) is -0.0999. The van der Waals surface area contributed by atoms with E-state index in [4.69, 9.17) is 4.74 Å². The van der Waals surface area contributed by atoms with E-state index in [1.54, 1.807) is 25.7 Å². The van der Waals surface area contributed by atoms with Crippen LogP contribution in [0.1, 0.15) is 34.1 Å². The number of alkyl carbamates (subject to hydrolysis) is 1. The van der Waals surface area contributed by atoms with Crippen molar-refractivity contribution in [1.29, 1.82) is 0 Å². The third kappa shape index (κ3) is 5.28. The minimum absolute atomic E-state index is 0.0105. The quantitative estimate of drug-likeness (QED) is 0.611. The number of rotatable bonds is 4. The van der Waals surface area contributed by atoms with Gasteiger partial charge >= 0.3 is 6.09 Å². The normalized spacial score (nSPS) is 16.8. The van der Waals surface area contributed by atoms with Gasteiger partial charge in [0.15, 0.2) is 0 Å². The summed E-state index contributed by atoms with van der Waals surface area (Å²) in [5, 5.41) is 16.4. The number of carbonyl (C=O) groups excluding carboxylic acids is 2. The molecule has 1 aliphatic heterocycles. The molecule has 1 saturated heterocycles. The van der Waals surface area contributed by atoms with E-state index in [2.05, 4.69) is 10.6 Å². The van der Waals surface area contributed by atoms with E-state index in [1.165, 1.54) is 6.92 Å². The standard InChI is InChI=1S/C17H23FN4O5/c1-10(23)19-14-12(18)5-6-13(22(25)26)15(14)21-8-7-11(9-21)20-16(24)27-17(2,3)4/h5-6,11H,7-9H2,1-4H3,(H,19,23)(H,20,24). The summed E-state index contributed by atoms with van der Waals surface area (Å²) in [5.41, 5.74) is -1.22. The van der Waals surface area contributed by atoms with Gasteiger partial charge in [-0.05, 0) is 33.3 Å². The highest BCUT2D eigenvalue weighted by Crippen LogP contribution is 2.39. The number of hydrogen-bond donors (Lipinski definition) is 2. The number of nitrogens with one attached hydrogen (secondary N) is 2. The highest BCUT2D eigenvalue weighted by Gasteiger charge is 2.33. The van der Waals surface area contributed by atoms with Crippen LogP contribution in [-0.4, -0.2) is 41.7 Å². The fourth-order valence-corrected chi connectivity index (χ4v) is 2.87. The lowest BCUT2D eigenvalue weighted by Crippen LogP contribution is -2.40. The average Bonchev–Trinajstić information content (AvgIpc) is 2.94. The predicted molar refractivity (Wildman–Crippen MR) is 97.3 cm³/mol. The molecule has 1 aliphatic rings. The number of nitro benzene ring substituents is 1. The molecule has 0 spiro atoms. The first-order valence-corrected chi connectivity index (χ1v) is 8.47. The number of amides is 2. The molecule has 0 aliphatic carbocycles. The zero-order valence-electron chi connectivity index (χ0n) is 15.7. The minimum Gasteiger partial charge on any atom is -0.444 e. The summed E-state index contributed by atoms with van der Waals surface area (Å²) >= 11 is 0. The van der Waals surface area contributed by atoms with Crippen molar-refractivity contribution in [2.45, 2.75) is 45.8 Å². The summed E-state index contributed by atoms with van der Waals surface area (Å²) in [4.78, 5) is 35.7. The van der Waals surface area contributed by atoms with E-state index < -0.39 is 28.3 Å². The first-order chi connectivity index (χ1) is 12.5. The maximum atomic E-state index is 14.2. The van der Waals surface area contributed by atoms with Crippen LogP contribution < -0.4 is 15.5 Å². The molecule has 10 heteroatoms. The van der Waals surface area contributed by atoms with Gasteiger partial charge in [0.25, 0.3) is 5.69 Å². The fraction of sp³-hybridized carbons (Fsp3) is 0.529. The Hall–Kier alpha value is -2.91. The molecule has 148 valence electrons. The van der Waals surface area contributed by atoms with Gasteiger partial charge in [-0.3, -0.25) is 14.9 Å². The van der Waals surface area contributed by atoms with E-state index in [-0.39, 0.29) is 29.6 Å². The van der Waals surface area contributed by atoms with Gasteiger partial charge in [0.05, 0.1) is 11.0 Å². The first kappa shape index (κ1) is 20.4. The lowest BCUT2D eigenvalue weighted by molar-refractivity contribution is -0.384. The average molecular weight is 382 g/mol. The van der Waals surface area contributed by atoms with E-state index >= 15 is 0 Å². The lowest BCUT2D eigenvalue weighted by atomic mass is 10.2. The third-order valence-electron chi connectivity index (χ3n) is 3.83. The highest BCUT2D eigenvalue weighted by atomic mass is 19.1. The van der Waals surface area contributed by atoms with Crippen LogP contribution in [-0.2, 0) is 9.53 Å². The fourth-order valence-electron chi connectivity index (χ4n) is 2.87. The summed E-state index contributed by atoms with van der Waals surface area (Å²) in [6, 6.07) is 1.68. The molecule has 9 nitrogen and oxygen atoms in total. The van der Waals surface area contributed by atoms with Crippen LogP contribution in [0.5, 0.6) is 0 Å². The van der Waals surface area contributed by atoms with Crippen LogP contribution >= 0.6 is 0 Å². The molecular formula is C17H23FN4O5. The smallest absolute Gasteiger partial charge is 0.407 e. The first-order valence-electron chi connectivity index (χ1n) is 8.47. The Kier molecular flexibility index (Phi) is 5.87. The number of nitrogens with zero attached hydrogens (tertiary/aromatic N) is 2. The molecule has 1 fully saturated rings. The van der Waals surface area contributed by atoms with Gasteiger partial charge in [0, 0.05) is 26.1 Å². The van der Waals surface area contributed by atoms with Gasteiger partial charge in [0.2, 0.25) is 5.91 Å². The zero-order chi connectivity index (χ0) is 20.4. The molecule has 1 aromatic carbocycles. The van der Waals surface area contributed by atoms with Crippen molar-refractivity contribution in [3.8, 4) is 0 Å². The molecule has 0 bridgehead atoms. The summed E-state index contributed by atoms with van der Waals surface area (Å²) in [7, 11) is 0. The van der Waals surface area contributed by atoms with Crippen molar-refractivity contribution in [1.82, 2.24) is 5.32 Å². The molecular weight excluding hydrogens is 359 g/mol. The van der Waals surface area contributed by atoms with Gasteiger partial charge in [-0.2, -0.15) is 0 Å². The van der Waals surface area contributed by atoms with E-state index in [0.29, 0.717) is 13.0 Å². The largest absolute Gasteiger partial charge is 0.444 e. The van der Waals surface area contributed by atoms with Gasteiger partial charge in [0.1, 0.15) is 22.8 Å². The van der Waals surface area contributed by atoms with Crippen molar-refractivity contribution in [2.24, 2.45) is 0 Å². The number of carbonyl (C=O) groups is 2. The molecule has 1 unspecified atom stereocenters. The van der Waals surface area contributed by atoms with Crippen LogP contribution in [0.2, 0.25) is 0 Å². The Morgan fingerprint density at radius 1 is 1.37 bits per heavy atom. The van der Waals surface area contributed by atoms with E-state index in [1.807, 2.05) is 0 Å². The Bertz CT molecular complexity index is 762.